The SMILES string of the molecule is CC(C)(C)OCCC(NC(=O)C1CC(=O)N(CC(F)(F)F)C1)C(=O)O. The lowest BCUT2D eigenvalue weighted by atomic mass is 10.1. The number of carbonyl (C=O) groups is 3. The van der Waals surface area contributed by atoms with Gasteiger partial charge in [-0.15, -0.1) is 0 Å². The number of likely N-dealkylation sites (tertiary alicyclic amines) is 1. The van der Waals surface area contributed by atoms with Gasteiger partial charge in [-0.1, -0.05) is 0 Å². The number of hydrogen-bond acceptors (Lipinski definition) is 4. The van der Waals surface area contributed by atoms with Crippen molar-refractivity contribution in [3.8, 4) is 0 Å². The third-order valence-corrected chi connectivity index (χ3v) is 3.51. The van der Waals surface area contributed by atoms with Crippen LogP contribution >= 0.6 is 0 Å². The number of carbonyl (C=O) groups excluding carboxylic acids is 2. The largest absolute Gasteiger partial charge is 0.480 e. The molecule has 1 aliphatic heterocycles. The normalized spacial score (nSPS) is 19.8. The Morgan fingerprint density at radius 2 is 1.96 bits per heavy atom. The molecule has 0 bridgehead atoms. The molecule has 1 fully saturated rings. The summed E-state index contributed by atoms with van der Waals surface area (Å²) in [5.41, 5.74) is -0.469. The molecule has 2 unspecified atom stereocenters. The smallest absolute Gasteiger partial charge is 0.406 e. The van der Waals surface area contributed by atoms with E-state index in [2.05, 4.69) is 5.32 Å². The summed E-state index contributed by atoms with van der Waals surface area (Å²) in [6, 6.07) is -1.23. The van der Waals surface area contributed by atoms with Crippen LogP contribution in [0.1, 0.15) is 33.6 Å². The molecule has 7 nitrogen and oxygen atoms in total. The molecule has 144 valence electrons. The lowest BCUT2D eigenvalue weighted by Crippen LogP contribution is -2.45. The van der Waals surface area contributed by atoms with Crippen LogP contribution in [0.3, 0.4) is 0 Å². The monoisotopic (exact) mass is 368 g/mol. The molecule has 0 spiro atoms. The number of rotatable bonds is 7. The van der Waals surface area contributed by atoms with Crippen molar-refractivity contribution in [2.75, 3.05) is 19.7 Å². The minimum Gasteiger partial charge on any atom is -0.480 e. The van der Waals surface area contributed by atoms with E-state index in [9.17, 15) is 27.6 Å². The van der Waals surface area contributed by atoms with Gasteiger partial charge in [0.2, 0.25) is 11.8 Å². The van der Waals surface area contributed by atoms with Crippen molar-refractivity contribution < 1.29 is 37.4 Å². The Morgan fingerprint density at radius 3 is 2.44 bits per heavy atom. The zero-order valence-corrected chi connectivity index (χ0v) is 14.4. The Kier molecular flexibility index (Phi) is 6.81. The van der Waals surface area contributed by atoms with Gasteiger partial charge >= 0.3 is 12.1 Å². The van der Waals surface area contributed by atoms with Crippen molar-refractivity contribution >= 4 is 17.8 Å². The molecule has 1 rings (SSSR count). The highest BCUT2D eigenvalue weighted by Gasteiger charge is 2.41. The second kappa shape index (κ2) is 8.03. The number of aliphatic carboxylic acids is 1. The van der Waals surface area contributed by atoms with E-state index in [4.69, 9.17) is 9.84 Å². The van der Waals surface area contributed by atoms with Gasteiger partial charge in [-0.05, 0) is 20.8 Å². The predicted molar refractivity (Wildman–Crippen MR) is 80.6 cm³/mol. The van der Waals surface area contributed by atoms with Crippen molar-refractivity contribution in [3.05, 3.63) is 0 Å². The quantitative estimate of drug-likeness (QED) is 0.703. The number of nitrogens with zero attached hydrogens (tertiary/aromatic N) is 1. The molecule has 25 heavy (non-hydrogen) atoms. The molecule has 2 N–H and O–H groups in total. The zero-order valence-electron chi connectivity index (χ0n) is 14.4. The first-order valence-electron chi connectivity index (χ1n) is 7.80. The number of alkyl halides is 3. The van der Waals surface area contributed by atoms with E-state index in [0.717, 1.165) is 0 Å². The Hall–Kier alpha value is -1.84. The average molecular weight is 368 g/mol. The van der Waals surface area contributed by atoms with Crippen LogP contribution < -0.4 is 5.32 Å². The number of hydrogen-bond donors (Lipinski definition) is 2. The van der Waals surface area contributed by atoms with Crippen LogP contribution in [0.5, 0.6) is 0 Å². The molecule has 2 amide bonds. The van der Waals surface area contributed by atoms with Crippen LogP contribution in [0.4, 0.5) is 13.2 Å². The summed E-state index contributed by atoms with van der Waals surface area (Å²) in [4.78, 5) is 35.5. The summed E-state index contributed by atoms with van der Waals surface area (Å²) in [6.45, 7) is 3.67. The van der Waals surface area contributed by atoms with Crippen LogP contribution in [-0.2, 0) is 19.1 Å². The summed E-state index contributed by atoms with van der Waals surface area (Å²) in [6.07, 6.45) is -4.91. The summed E-state index contributed by atoms with van der Waals surface area (Å²) in [7, 11) is 0. The molecule has 1 heterocycles. The molecule has 0 aliphatic carbocycles. The number of amides is 2. The van der Waals surface area contributed by atoms with Crippen molar-refractivity contribution in [1.82, 2.24) is 10.2 Å². The molecule has 1 aliphatic rings. The van der Waals surface area contributed by atoms with Gasteiger partial charge in [-0.25, -0.2) is 4.79 Å². The van der Waals surface area contributed by atoms with Crippen LogP contribution in [0.25, 0.3) is 0 Å². The summed E-state index contributed by atoms with van der Waals surface area (Å²) < 4.78 is 42.5. The van der Waals surface area contributed by atoms with Crippen molar-refractivity contribution in [2.45, 2.75) is 51.4 Å². The summed E-state index contributed by atoms with van der Waals surface area (Å²) >= 11 is 0. The molecule has 0 aromatic carbocycles. The first kappa shape index (κ1) is 21.2. The third-order valence-electron chi connectivity index (χ3n) is 3.51. The van der Waals surface area contributed by atoms with Crippen molar-refractivity contribution in [1.29, 1.82) is 0 Å². The van der Waals surface area contributed by atoms with Gasteiger partial charge in [0.15, 0.2) is 0 Å². The first-order chi connectivity index (χ1) is 11.3. The molecular formula is C15H23F3N2O5. The Morgan fingerprint density at radius 1 is 1.36 bits per heavy atom. The number of ether oxygens (including phenoxy) is 1. The van der Waals surface area contributed by atoms with E-state index < -0.39 is 48.1 Å². The molecule has 0 radical (unpaired) electrons. The molecule has 0 aromatic rings. The highest BCUT2D eigenvalue weighted by molar-refractivity contribution is 5.91. The van der Waals surface area contributed by atoms with E-state index in [1.165, 1.54) is 0 Å². The van der Waals surface area contributed by atoms with Gasteiger partial charge in [0.25, 0.3) is 0 Å². The van der Waals surface area contributed by atoms with Crippen molar-refractivity contribution in [2.24, 2.45) is 5.92 Å². The fourth-order valence-electron chi connectivity index (χ4n) is 2.35. The third kappa shape index (κ3) is 7.72. The Bertz CT molecular complexity index is 516. The Balaban J connectivity index is 2.57. The molecular weight excluding hydrogens is 345 g/mol. The van der Waals surface area contributed by atoms with Crippen LogP contribution in [0.15, 0.2) is 0 Å². The summed E-state index contributed by atoms with van der Waals surface area (Å²) in [5, 5.41) is 11.4. The average Bonchev–Trinajstić information content (AvgIpc) is 2.75. The number of nitrogens with one attached hydrogen (secondary N) is 1. The molecule has 0 saturated carbocycles. The number of halogens is 3. The topological polar surface area (TPSA) is 95.9 Å². The standard InChI is InChI=1S/C15H23F3N2O5/c1-14(2,3)25-5-4-10(13(23)24)19-12(22)9-6-11(21)20(7-9)8-15(16,17)18/h9-10H,4-8H2,1-3H3,(H,19,22)(H,23,24). The van der Waals surface area contributed by atoms with E-state index >= 15 is 0 Å². The summed E-state index contributed by atoms with van der Waals surface area (Å²) in [5.74, 6) is -3.80. The zero-order chi connectivity index (χ0) is 19.4. The maximum absolute atomic E-state index is 12.4. The van der Waals surface area contributed by atoms with Gasteiger partial charge in [-0.2, -0.15) is 13.2 Å². The maximum Gasteiger partial charge on any atom is 0.406 e. The minimum atomic E-state index is -4.55. The van der Waals surface area contributed by atoms with Crippen molar-refractivity contribution in [3.63, 3.8) is 0 Å². The van der Waals surface area contributed by atoms with Crippen LogP contribution in [0, 0.1) is 5.92 Å². The molecule has 1 saturated heterocycles. The van der Waals surface area contributed by atoms with Gasteiger partial charge < -0.3 is 20.1 Å². The maximum atomic E-state index is 12.4. The van der Waals surface area contributed by atoms with E-state index in [0.29, 0.717) is 4.90 Å². The van der Waals surface area contributed by atoms with Crippen LogP contribution in [-0.4, -0.2) is 65.3 Å². The lowest BCUT2D eigenvalue weighted by molar-refractivity contribution is -0.157. The van der Waals surface area contributed by atoms with Gasteiger partial charge in [-0.3, -0.25) is 9.59 Å². The fourth-order valence-corrected chi connectivity index (χ4v) is 2.35. The molecule has 10 heteroatoms. The molecule has 2 atom stereocenters. The van der Waals surface area contributed by atoms with Crippen LogP contribution in [0.2, 0.25) is 0 Å². The van der Waals surface area contributed by atoms with E-state index in [1.54, 1.807) is 20.8 Å². The highest BCUT2D eigenvalue weighted by Crippen LogP contribution is 2.24. The lowest BCUT2D eigenvalue weighted by Gasteiger charge is -2.22. The van der Waals surface area contributed by atoms with Gasteiger partial charge in [0.05, 0.1) is 11.5 Å². The minimum absolute atomic E-state index is 0.00523. The molecule has 0 aromatic heterocycles. The van der Waals surface area contributed by atoms with Gasteiger partial charge in [0.1, 0.15) is 12.6 Å². The van der Waals surface area contributed by atoms with E-state index in [1.807, 2.05) is 0 Å². The second-order valence-corrected chi connectivity index (χ2v) is 6.94. The fraction of sp³-hybridized carbons (Fsp3) is 0.800. The first-order valence-corrected chi connectivity index (χ1v) is 7.80. The van der Waals surface area contributed by atoms with Gasteiger partial charge in [0, 0.05) is 26.0 Å². The predicted octanol–water partition coefficient (Wildman–Crippen LogP) is 1.17. The number of carboxylic acids is 1. The highest BCUT2D eigenvalue weighted by atomic mass is 19.4. The number of carboxylic acid groups (broad SMARTS) is 1. The van der Waals surface area contributed by atoms with E-state index in [-0.39, 0.29) is 26.0 Å². The Labute approximate surface area is 143 Å². The second-order valence-electron chi connectivity index (χ2n) is 6.94.